The Hall–Kier alpha value is -1.61. The number of aryl methyl sites for hydroxylation is 1. The summed E-state index contributed by atoms with van der Waals surface area (Å²) in [5.74, 6) is 0.967. The first-order chi connectivity index (χ1) is 9.24. The van der Waals surface area contributed by atoms with Gasteiger partial charge in [-0.25, -0.2) is 4.98 Å². The lowest BCUT2D eigenvalue weighted by atomic mass is 10.1. The number of pyridine rings is 1. The van der Waals surface area contributed by atoms with Gasteiger partial charge in [-0.1, -0.05) is 31.5 Å². The van der Waals surface area contributed by atoms with Crippen molar-refractivity contribution in [2.45, 2.75) is 32.7 Å². The van der Waals surface area contributed by atoms with Gasteiger partial charge in [0.2, 0.25) is 0 Å². The normalized spacial score (nSPS) is 12.6. The van der Waals surface area contributed by atoms with Crippen molar-refractivity contribution in [2.75, 3.05) is 19.0 Å². The quantitative estimate of drug-likeness (QED) is 0.856. The minimum Gasteiger partial charge on any atom is -0.383 e. The van der Waals surface area contributed by atoms with E-state index in [2.05, 4.69) is 31.3 Å². The predicted octanol–water partition coefficient (Wildman–Crippen LogP) is 3.77. The number of ether oxygens (including phenoxy) is 1. The van der Waals surface area contributed by atoms with Crippen molar-refractivity contribution < 1.29 is 4.74 Å². The molecule has 0 radical (unpaired) electrons. The Labute approximate surface area is 115 Å². The number of methoxy groups -OCH3 is 1. The zero-order valence-electron chi connectivity index (χ0n) is 11.9. The molecule has 19 heavy (non-hydrogen) atoms. The van der Waals surface area contributed by atoms with E-state index >= 15 is 0 Å². The first-order valence-electron chi connectivity index (χ1n) is 6.86. The molecule has 102 valence electrons. The summed E-state index contributed by atoms with van der Waals surface area (Å²) in [5.41, 5.74) is 2.21. The number of hydrogen-bond acceptors (Lipinski definition) is 3. The van der Waals surface area contributed by atoms with Crippen LogP contribution in [0.2, 0.25) is 0 Å². The molecule has 0 aliphatic carbocycles. The van der Waals surface area contributed by atoms with Crippen LogP contribution in [0.3, 0.4) is 0 Å². The van der Waals surface area contributed by atoms with Gasteiger partial charge >= 0.3 is 0 Å². The number of nitrogens with one attached hydrogen (secondary N) is 1. The minimum absolute atomic E-state index is 0.322. The lowest BCUT2D eigenvalue weighted by Crippen LogP contribution is -2.25. The Balaban J connectivity index is 2.25. The predicted molar refractivity (Wildman–Crippen MR) is 80.7 cm³/mol. The van der Waals surface area contributed by atoms with Gasteiger partial charge in [0.05, 0.1) is 18.2 Å². The summed E-state index contributed by atoms with van der Waals surface area (Å²) in [5, 5.41) is 4.69. The molecular weight excluding hydrogens is 236 g/mol. The number of para-hydroxylation sites is 1. The molecule has 0 saturated heterocycles. The molecule has 2 aromatic rings. The summed E-state index contributed by atoms with van der Waals surface area (Å²) >= 11 is 0. The van der Waals surface area contributed by atoms with E-state index in [1.807, 2.05) is 18.2 Å². The maximum Gasteiger partial charge on any atom is 0.129 e. The molecular formula is C16H22N2O. The SMILES string of the molecule is CCCC(COC)Nc1nc2ccccc2cc1C. The summed E-state index contributed by atoms with van der Waals surface area (Å²) in [4.78, 5) is 4.71. The Morgan fingerprint density at radius 1 is 1.32 bits per heavy atom. The summed E-state index contributed by atoms with van der Waals surface area (Å²) in [6, 6.07) is 10.7. The van der Waals surface area contributed by atoms with Crippen LogP contribution in [0.15, 0.2) is 30.3 Å². The van der Waals surface area contributed by atoms with Gasteiger partial charge in [-0.05, 0) is 31.0 Å². The fourth-order valence-corrected chi connectivity index (χ4v) is 2.31. The van der Waals surface area contributed by atoms with E-state index in [1.54, 1.807) is 7.11 Å². The number of anilines is 1. The second-order valence-corrected chi connectivity index (χ2v) is 4.93. The summed E-state index contributed by atoms with van der Waals surface area (Å²) in [6.45, 7) is 4.99. The standard InChI is InChI=1S/C16H22N2O/c1-4-7-14(11-19-3)17-16-12(2)10-13-8-5-6-9-15(13)18-16/h5-6,8-10,14H,4,7,11H2,1-3H3,(H,17,18). The number of fused-ring (bicyclic) bond motifs is 1. The minimum atomic E-state index is 0.322. The molecule has 0 spiro atoms. The highest BCUT2D eigenvalue weighted by Gasteiger charge is 2.10. The maximum absolute atomic E-state index is 5.27. The molecule has 3 heteroatoms. The molecule has 1 aromatic heterocycles. The molecule has 1 unspecified atom stereocenters. The molecule has 0 aliphatic rings. The number of benzene rings is 1. The zero-order valence-corrected chi connectivity index (χ0v) is 11.9. The van der Waals surface area contributed by atoms with Crippen LogP contribution in [0.4, 0.5) is 5.82 Å². The van der Waals surface area contributed by atoms with Crippen LogP contribution in [0.5, 0.6) is 0 Å². The van der Waals surface area contributed by atoms with Gasteiger partial charge in [0, 0.05) is 12.5 Å². The van der Waals surface area contributed by atoms with Gasteiger partial charge in [0.15, 0.2) is 0 Å². The molecule has 1 aromatic carbocycles. The van der Waals surface area contributed by atoms with Crippen LogP contribution in [0.25, 0.3) is 10.9 Å². The van der Waals surface area contributed by atoms with E-state index in [4.69, 9.17) is 9.72 Å². The molecule has 3 nitrogen and oxygen atoms in total. The van der Waals surface area contributed by atoms with Crippen molar-refractivity contribution in [3.8, 4) is 0 Å². The van der Waals surface area contributed by atoms with Crippen molar-refractivity contribution in [2.24, 2.45) is 0 Å². The van der Waals surface area contributed by atoms with Crippen molar-refractivity contribution in [1.82, 2.24) is 4.98 Å². The summed E-state index contributed by atoms with van der Waals surface area (Å²) in [7, 11) is 1.74. The van der Waals surface area contributed by atoms with Crippen LogP contribution in [-0.4, -0.2) is 24.7 Å². The Morgan fingerprint density at radius 2 is 2.11 bits per heavy atom. The van der Waals surface area contributed by atoms with Gasteiger partial charge in [0.25, 0.3) is 0 Å². The molecule has 1 atom stereocenters. The average molecular weight is 258 g/mol. The fraction of sp³-hybridized carbons (Fsp3) is 0.438. The smallest absolute Gasteiger partial charge is 0.129 e. The molecule has 0 fully saturated rings. The number of nitrogens with zero attached hydrogens (tertiary/aromatic N) is 1. The van der Waals surface area contributed by atoms with Crippen molar-refractivity contribution >= 4 is 16.7 Å². The molecule has 0 amide bonds. The summed E-state index contributed by atoms with van der Waals surface area (Å²) < 4.78 is 5.27. The van der Waals surface area contributed by atoms with E-state index in [9.17, 15) is 0 Å². The molecule has 2 rings (SSSR count). The first kappa shape index (κ1) is 13.8. The van der Waals surface area contributed by atoms with E-state index in [0.717, 1.165) is 24.2 Å². The third-order valence-corrected chi connectivity index (χ3v) is 3.26. The zero-order chi connectivity index (χ0) is 13.7. The number of rotatable bonds is 6. The van der Waals surface area contributed by atoms with Crippen molar-refractivity contribution in [1.29, 1.82) is 0 Å². The molecule has 0 aliphatic heterocycles. The number of aromatic nitrogens is 1. The van der Waals surface area contributed by atoms with Crippen LogP contribution in [-0.2, 0) is 4.74 Å². The first-order valence-corrected chi connectivity index (χ1v) is 6.86. The second-order valence-electron chi connectivity index (χ2n) is 4.93. The second kappa shape index (κ2) is 6.53. The van der Waals surface area contributed by atoms with Crippen molar-refractivity contribution in [3.05, 3.63) is 35.9 Å². The van der Waals surface area contributed by atoms with Crippen LogP contribution in [0, 0.1) is 6.92 Å². The topological polar surface area (TPSA) is 34.1 Å². The van der Waals surface area contributed by atoms with E-state index in [-0.39, 0.29) is 0 Å². The molecule has 1 heterocycles. The van der Waals surface area contributed by atoms with Crippen molar-refractivity contribution in [3.63, 3.8) is 0 Å². The van der Waals surface area contributed by atoms with E-state index < -0.39 is 0 Å². The van der Waals surface area contributed by atoms with Gasteiger partial charge in [-0.2, -0.15) is 0 Å². The number of hydrogen-bond donors (Lipinski definition) is 1. The third-order valence-electron chi connectivity index (χ3n) is 3.26. The lowest BCUT2D eigenvalue weighted by molar-refractivity contribution is 0.182. The van der Waals surface area contributed by atoms with E-state index in [0.29, 0.717) is 12.6 Å². The highest BCUT2D eigenvalue weighted by molar-refractivity contribution is 5.81. The Bertz CT molecular complexity index is 533. The van der Waals surface area contributed by atoms with E-state index in [1.165, 1.54) is 10.9 Å². The molecule has 0 bridgehead atoms. The van der Waals surface area contributed by atoms with Crippen LogP contribution in [0.1, 0.15) is 25.3 Å². The van der Waals surface area contributed by atoms with Gasteiger partial charge < -0.3 is 10.1 Å². The monoisotopic (exact) mass is 258 g/mol. The van der Waals surface area contributed by atoms with Gasteiger partial charge in [-0.15, -0.1) is 0 Å². The Morgan fingerprint density at radius 3 is 2.84 bits per heavy atom. The molecule has 0 saturated carbocycles. The highest BCUT2D eigenvalue weighted by Crippen LogP contribution is 2.20. The Kier molecular flexibility index (Phi) is 4.74. The van der Waals surface area contributed by atoms with Crippen LogP contribution >= 0.6 is 0 Å². The fourth-order valence-electron chi connectivity index (χ4n) is 2.31. The maximum atomic E-state index is 5.27. The highest BCUT2D eigenvalue weighted by atomic mass is 16.5. The lowest BCUT2D eigenvalue weighted by Gasteiger charge is -2.19. The summed E-state index contributed by atoms with van der Waals surface area (Å²) in [6.07, 6.45) is 2.22. The van der Waals surface area contributed by atoms with Gasteiger partial charge in [0.1, 0.15) is 5.82 Å². The average Bonchev–Trinajstić information content (AvgIpc) is 2.40. The largest absolute Gasteiger partial charge is 0.383 e. The van der Waals surface area contributed by atoms with Crippen LogP contribution < -0.4 is 5.32 Å². The molecule has 1 N–H and O–H groups in total. The van der Waals surface area contributed by atoms with Gasteiger partial charge in [-0.3, -0.25) is 0 Å². The third kappa shape index (κ3) is 3.44.